The molecule has 0 saturated carbocycles. The second kappa shape index (κ2) is 16.9. The van der Waals surface area contributed by atoms with Crippen molar-refractivity contribution >= 4 is 35.1 Å². The van der Waals surface area contributed by atoms with Crippen LogP contribution in [-0.4, -0.2) is 3.21 Å². The minimum absolute atomic E-state index is 0. The minimum atomic E-state index is 0. The molecule has 0 saturated heterocycles. The van der Waals surface area contributed by atoms with Gasteiger partial charge >= 0.3 is 128 Å². The van der Waals surface area contributed by atoms with Gasteiger partial charge in [-0.25, -0.2) is 12.1 Å². The molecule has 0 fully saturated rings. The van der Waals surface area contributed by atoms with Crippen LogP contribution in [0.25, 0.3) is 11.1 Å². The topological polar surface area (TPSA) is 0 Å². The zero-order chi connectivity index (χ0) is 30.5. The Bertz CT molecular complexity index is 1500. The van der Waals surface area contributed by atoms with Crippen LogP contribution in [0.1, 0.15) is 74.9 Å². The molecule has 0 nitrogen and oxygen atoms in total. The van der Waals surface area contributed by atoms with Crippen molar-refractivity contribution < 1.29 is 49.0 Å². The Kier molecular flexibility index (Phi) is 14.9. The Hall–Kier alpha value is -1.48. The molecule has 0 unspecified atom stereocenters. The summed E-state index contributed by atoms with van der Waals surface area (Å²) in [6.07, 6.45) is 1.03. The summed E-state index contributed by atoms with van der Waals surface area (Å²) in [5, 5.41) is 0. The molecule has 228 valence electrons. The first-order chi connectivity index (χ1) is 19.8. The molecule has 5 aromatic carbocycles. The maximum absolute atomic E-state index is 3.53. The monoisotopic (exact) mass is 824 g/mol. The molecule has 5 heteroatoms. The van der Waals surface area contributed by atoms with Crippen LogP contribution in [0.15, 0.2) is 118 Å². The van der Waals surface area contributed by atoms with Crippen molar-refractivity contribution in [3.8, 4) is 11.1 Å². The number of fused-ring (bicyclic) bond motifs is 3. The van der Waals surface area contributed by atoms with Crippen molar-refractivity contribution in [1.29, 1.82) is 0 Å². The van der Waals surface area contributed by atoms with E-state index in [2.05, 4.69) is 158 Å². The van der Waals surface area contributed by atoms with E-state index in [1.807, 2.05) is 30.3 Å². The summed E-state index contributed by atoms with van der Waals surface area (Å²) in [6, 6.07) is 42.0. The van der Waals surface area contributed by atoms with Crippen molar-refractivity contribution in [2.24, 2.45) is 0 Å². The Morgan fingerprint density at radius 2 is 1.16 bits per heavy atom. The quantitative estimate of drug-likeness (QED) is 0.206. The Morgan fingerprint density at radius 1 is 0.682 bits per heavy atom. The standard InChI is InChI=1S/C21H25.C13H8Br2.C5H5.2ClH.Zr/c1-20(2,3)16-9-7-14-11-15-8-10-17(21(4,5)6)13-19(15)18(14)12-16;14-12-5-1-10(2-6-12)9-11-3-7-13(15)8-4-11;1-2-4-5-3-1;;;/h7,9-10,12-13H,11H2,1-6H3;1-8H;1-5H;2*1H;/q-1;;-1;;;+2/p-2. The molecule has 0 amide bonds. The molecule has 0 aliphatic heterocycles. The Morgan fingerprint density at radius 3 is 1.59 bits per heavy atom. The maximum atomic E-state index is 3.53. The van der Waals surface area contributed by atoms with Crippen LogP contribution in [0.3, 0.4) is 0 Å². The zero-order valence-corrected chi connectivity index (χ0v) is 33.3. The van der Waals surface area contributed by atoms with Gasteiger partial charge in [0.25, 0.3) is 0 Å². The van der Waals surface area contributed by atoms with Gasteiger partial charge in [-0.05, 0) is 17.4 Å². The molecule has 6 rings (SSSR count). The van der Waals surface area contributed by atoms with Gasteiger partial charge < -0.3 is 24.8 Å². The fourth-order valence-electron chi connectivity index (χ4n) is 4.71. The van der Waals surface area contributed by atoms with Crippen molar-refractivity contribution in [3.05, 3.63) is 158 Å². The molecule has 0 heterocycles. The van der Waals surface area contributed by atoms with E-state index in [1.165, 1.54) is 71.9 Å². The van der Waals surface area contributed by atoms with Gasteiger partial charge in [-0.2, -0.15) is 47.5 Å². The van der Waals surface area contributed by atoms with E-state index in [0.29, 0.717) is 0 Å². The molecular formula is C39H38Br2Cl2Zr-2. The second-order valence-corrected chi connectivity index (χ2v) is 15.7. The van der Waals surface area contributed by atoms with Crippen molar-refractivity contribution in [3.63, 3.8) is 0 Å². The number of rotatable bonds is 2. The van der Waals surface area contributed by atoms with Crippen LogP contribution in [0, 0.1) is 6.07 Å². The smallest absolute Gasteiger partial charge is 0.0132 e. The van der Waals surface area contributed by atoms with Gasteiger partial charge in [-0.1, -0.05) is 76.3 Å². The van der Waals surface area contributed by atoms with Crippen molar-refractivity contribution in [2.45, 2.75) is 58.8 Å². The third kappa shape index (κ3) is 10.5. The van der Waals surface area contributed by atoms with Gasteiger partial charge in [0.1, 0.15) is 0 Å². The summed E-state index contributed by atoms with van der Waals surface area (Å²) < 4.78 is 3.62. The van der Waals surface area contributed by atoms with E-state index in [1.54, 1.807) is 0 Å². The van der Waals surface area contributed by atoms with Crippen LogP contribution in [0.4, 0.5) is 0 Å². The molecule has 5 aromatic rings. The van der Waals surface area contributed by atoms with E-state index in [4.69, 9.17) is 0 Å². The van der Waals surface area contributed by atoms with Crippen LogP contribution in [-0.2, 0) is 41.5 Å². The third-order valence-electron chi connectivity index (χ3n) is 7.35. The Labute approximate surface area is 308 Å². The van der Waals surface area contributed by atoms with Crippen LogP contribution in [0.2, 0.25) is 0 Å². The predicted molar refractivity (Wildman–Crippen MR) is 184 cm³/mol. The van der Waals surface area contributed by atoms with E-state index in [9.17, 15) is 0 Å². The Balaban J connectivity index is 0.000000260. The number of hydrogen-bond donors (Lipinski definition) is 0. The van der Waals surface area contributed by atoms with E-state index >= 15 is 0 Å². The third-order valence-corrected chi connectivity index (χ3v) is 9.82. The summed E-state index contributed by atoms with van der Waals surface area (Å²) in [5.41, 5.74) is 11.4. The fraction of sp³-hybridized carbons (Fsp3) is 0.231. The molecule has 0 bridgehead atoms. The minimum Gasteiger partial charge on any atom is -1.00 e. The average molecular weight is 829 g/mol. The number of benzene rings is 4. The van der Waals surface area contributed by atoms with Gasteiger partial charge in [0.05, 0.1) is 0 Å². The first-order valence-corrected chi connectivity index (χ1v) is 17.1. The van der Waals surface area contributed by atoms with Crippen LogP contribution >= 0.6 is 31.9 Å². The molecular weight excluding hydrogens is 790 g/mol. The average Bonchev–Trinajstić information content (AvgIpc) is 3.64. The molecule has 0 N–H and O–H groups in total. The largest absolute Gasteiger partial charge is 1.00 e. The first-order valence-electron chi connectivity index (χ1n) is 14.3. The molecule has 44 heavy (non-hydrogen) atoms. The maximum Gasteiger partial charge on any atom is -0.0132 e. The normalized spacial score (nSPS) is 11.3. The van der Waals surface area contributed by atoms with Crippen molar-refractivity contribution in [1.82, 2.24) is 0 Å². The van der Waals surface area contributed by atoms with Gasteiger partial charge in [0, 0.05) is 0 Å². The first kappa shape index (κ1) is 38.7. The molecule has 0 spiro atoms. The fourth-order valence-corrected chi connectivity index (χ4v) is 6.05. The van der Waals surface area contributed by atoms with Gasteiger partial charge in [0.15, 0.2) is 0 Å². The number of hydrogen-bond acceptors (Lipinski definition) is 0. The molecule has 1 aliphatic carbocycles. The summed E-state index contributed by atoms with van der Waals surface area (Å²) in [6.45, 7) is 13.6. The van der Waals surface area contributed by atoms with E-state index < -0.39 is 0 Å². The number of halogens is 4. The van der Waals surface area contributed by atoms with Crippen LogP contribution < -0.4 is 24.8 Å². The summed E-state index contributed by atoms with van der Waals surface area (Å²) in [5.74, 6) is 0. The molecule has 0 atom stereocenters. The summed E-state index contributed by atoms with van der Waals surface area (Å²) in [7, 11) is 0. The van der Waals surface area contributed by atoms with E-state index in [-0.39, 0.29) is 35.6 Å². The van der Waals surface area contributed by atoms with E-state index in [0.717, 1.165) is 15.4 Å². The summed E-state index contributed by atoms with van der Waals surface area (Å²) in [4.78, 5) is 0. The van der Waals surface area contributed by atoms with Crippen LogP contribution in [0.5, 0.6) is 0 Å². The molecule has 0 aromatic heterocycles. The summed E-state index contributed by atoms with van der Waals surface area (Å²) >= 11 is 8.34. The van der Waals surface area contributed by atoms with Crippen molar-refractivity contribution in [2.75, 3.05) is 0 Å². The molecule has 1 aliphatic rings. The van der Waals surface area contributed by atoms with Gasteiger partial charge in [0.2, 0.25) is 0 Å². The van der Waals surface area contributed by atoms with Gasteiger partial charge in [-0.3, -0.25) is 0 Å². The molecule has 0 radical (unpaired) electrons. The second-order valence-electron chi connectivity index (χ2n) is 12.7. The zero-order valence-electron chi connectivity index (χ0n) is 26.1. The van der Waals surface area contributed by atoms with Gasteiger partial charge in [-0.15, -0.1) is 5.56 Å². The SMILES string of the molecule is Brc1ccc([C](=[Zr+2])c2ccc(Br)cc2)cc1.CC(C)(C)c1c[c-]c2c(c1)-c1cc(C(C)(C)C)ccc1C2.[Cl-].[Cl-].c1cc[cH-]c1. The predicted octanol–water partition coefficient (Wildman–Crippen LogP) is 5.39.